The van der Waals surface area contributed by atoms with Gasteiger partial charge in [-0.2, -0.15) is 18.2 Å². The van der Waals surface area contributed by atoms with Crippen LogP contribution in [0, 0.1) is 18.3 Å². The minimum atomic E-state index is -5.30. The zero-order valence-electron chi connectivity index (χ0n) is 28.1. The number of fused-ring (bicyclic) bond motifs is 1. The van der Waals surface area contributed by atoms with E-state index >= 15 is 0 Å². The molecule has 0 spiro atoms. The van der Waals surface area contributed by atoms with Crippen molar-refractivity contribution in [3.8, 4) is 12.3 Å². The minimum Gasteiger partial charge on any atom is -0.467 e. The maximum atomic E-state index is 13.7. The molecule has 51 heavy (non-hydrogen) atoms. The number of ether oxygens (including phenoxy) is 1. The van der Waals surface area contributed by atoms with Gasteiger partial charge in [-0.25, -0.2) is 14.8 Å². The molecule has 1 atom stereocenters. The number of hydrogen-bond donors (Lipinski definition) is 4. The molecule has 2 aromatic heterocycles. The molecule has 18 heteroatoms. The van der Waals surface area contributed by atoms with Crippen LogP contribution in [-0.4, -0.2) is 75.4 Å². The summed E-state index contributed by atoms with van der Waals surface area (Å²) >= 11 is 0. The van der Waals surface area contributed by atoms with Crippen LogP contribution in [0.5, 0.6) is 0 Å². The number of benzene rings is 1. The lowest BCUT2D eigenvalue weighted by Crippen LogP contribution is -2.42. The first kappa shape index (κ1) is 39.6. The van der Waals surface area contributed by atoms with Crippen LogP contribution in [0.4, 0.5) is 24.8 Å². The Morgan fingerprint density at radius 2 is 1.76 bits per heavy atom. The number of nitrogens with zero attached hydrogens (tertiary/aromatic N) is 4. The lowest BCUT2D eigenvalue weighted by atomic mass is 10.1. The molecule has 0 saturated carbocycles. The van der Waals surface area contributed by atoms with E-state index in [1.807, 2.05) is 0 Å². The molecule has 0 aliphatic carbocycles. The molecular weight excluding hydrogens is 677 g/mol. The lowest BCUT2D eigenvalue weighted by molar-refractivity contribution is -0.170. The first-order valence-electron chi connectivity index (χ1n) is 15.8. The van der Waals surface area contributed by atoms with E-state index in [4.69, 9.17) is 11.2 Å². The molecule has 3 rings (SSSR count). The summed E-state index contributed by atoms with van der Waals surface area (Å²) in [4.78, 5) is 88.9. The average molecular weight is 715 g/mol. The monoisotopic (exact) mass is 714 g/mol. The van der Waals surface area contributed by atoms with Crippen LogP contribution in [0.1, 0.15) is 68.4 Å². The molecule has 3 aromatic rings. The number of anilines is 2. The van der Waals surface area contributed by atoms with Gasteiger partial charge in [0.05, 0.1) is 25.5 Å². The van der Waals surface area contributed by atoms with E-state index in [-0.39, 0.29) is 46.4 Å². The van der Waals surface area contributed by atoms with Gasteiger partial charge < -0.3 is 15.4 Å². The number of hydrogen-bond acceptors (Lipinski definition) is 10. The second-order valence-electron chi connectivity index (χ2n) is 11.5. The van der Waals surface area contributed by atoms with Gasteiger partial charge in [0, 0.05) is 36.6 Å². The van der Waals surface area contributed by atoms with Crippen molar-refractivity contribution in [2.45, 2.75) is 71.1 Å². The zero-order valence-corrected chi connectivity index (χ0v) is 28.1. The fourth-order valence-electron chi connectivity index (χ4n) is 4.51. The Bertz CT molecular complexity index is 1840. The van der Waals surface area contributed by atoms with E-state index in [9.17, 15) is 41.9 Å². The predicted molar refractivity (Wildman–Crippen MR) is 178 cm³/mol. The molecule has 0 saturated heterocycles. The van der Waals surface area contributed by atoms with Crippen LogP contribution in [0.2, 0.25) is 0 Å². The third-order valence-electron chi connectivity index (χ3n) is 7.24. The van der Waals surface area contributed by atoms with Crippen LogP contribution >= 0.6 is 0 Å². The van der Waals surface area contributed by atoms with Gasteiger partial charge in [0.15, 0.2) is 11.2 Å². The summed E-state index contributed by atoms with van der Waals surface area (Å²) in [5.41, 5.74) is -1.87. The van der Waals surface area contributed by atoms with Crippen LogP contribution in [0.15, 0.2) is 35.3 Å². The van der Waals surface area contributed by atoms with E-state index < -0.39 is 53.9 Å². The second kappa shape index (κ2) is 18.2. The molecule has 4 N–H and O–H groups in total. The summed E-state index contributed by atoms with van der Waals surface area (Å²) in [6.07, 6.45) is 3.38. The molecule has 1 aromatic carbocycles. The molecule has 0 aliphatic rings. The Morgan fingerprint density at radius 3 is 2.39 bits per heavy atom. The summed E-state index contributed by atoms with van der Waals surface area (Å²) < 4.78 is 45.8. The molecule has 0 unspecified atom stereocenters. The molecule has 272 valence electrons. The standard InChI is InChI=1S/C33H37F3N8O7/c1-5-6-7-11-24(45)37-16-9-8-10-23(30(49)51-4)40-28(47)20-12-14-22(15-13-20)44(31(50)33(34,35)36)18-21-17-38-26-25(39-21)29(48)43-32(41-26)42-27(46)19(2)3/h1,12-15,17,19,23H,6-11,16,18H2,2-4H3,(H,37,45)(H,40,47)(H2,38,41,42,43,46,48)/t23-/m0/s1. The molecule has 15 nitrogen and oxygen atoms in total. The quantitative estimate of drug-likeness (QED) is 0.0970. The number of rotatable bonds is 16. The van der Waals surface area contributed by atoms with Gasteiger partial charge in [-0.1, -0.05) is 13.8 Å². The van der Waals surface area contributed by atoms with Crippen LogP contribution in [0.3, 0.4) is 0 Å². The maximum absolute atomic E-state index is 13.7. The van der Waals surface area contributed by atoms with E-state index in [1.165, 1.54) is 12.1 Å². The van der Waals surface area contributed by atoms with Crippen molar-refractivity contribution >= 4 is 52.4 Å². The zero-order chi connectivity index (χ0) is 37.7. The van der Waals surface area contributed by atoms with Gasteiger partial charge in [-0.05, 0) is 49.9 Å². The number of halogens is 3. The topological polar surface area (TPSA) is 205 Å². The number of esters is 1. The van der Waals surface area contributed by atoms with E-state index in [0.29, 0.717) is 43.5 Å². The summed E-state index contributed by atoms with van der Waals surface area (Å²) in [5, 5.41) is 7.69. The normalized spacial score (nSPS) is 11.7. The van der Waals surface area contributed by atoms with Gasteiger partial charge in [0.2, 0.25) is 17.8 Å². The first-order chi connectivity index (χ1) is 24.1. The smallest absolute Gasteiger partial charge is 0.467 e. The average Bonchev–Trinajstić information content (AvgIpc) is 3.09. The van der Waals surface area contributed by atoms with Gasteiger partial charge in [-0.3, -0.25) is 39.2 Å². The molecule has 0 fully saturated rings. The number of H-pyrrole nitrogens is 1. The molecular formula is C33H37F3N8O7. The fourth-order valence-corrected chi connectivity index (χ4v) is 4.51. The number of aromatic nitrogens is 4. The number of aromatic amines is 1. The minimum absolute atomic E-state index is 0.0326. The number of carbonyl (C=O) groups excluding carboxylic acids is 5. The fraction of sp³-hybridized carbons (Fsp3) is 0.424. The largest absolute Gasteiger partial charge is 0.471 e. The number of nitrogens with one attached hydrogen (secondary N) is 4. The SMILES string of the molecule is C#CCCCC(=O)NCCCC[C@H](NC(=O)c1ccc(N(Cc2cnc3nc(NC(=O)C(C)C)[nH]c(=O)c3n2)C(=O)C(F)(F)F)cc1)C(=O)OC. The number of methoxy groups -OCH3 is 1. The number of carbonyl (C=O) groups is 5. The van der Waals surface area contributed by atoms with Crippen molar-refractivity contribution in [2.24, 2.45) is 5.92 Å². The van der Waals surface area contributed by atoms with Crippen molar-refractivity contribution in [3.05, 3.63) is 52.1 Å². The predicted octanol–water partition coefficient (Wildman–Crippen LogP) is 2.76. The van der Waals surface area contributed by atoms with Crippen molar-refractivity contribution in [3.63, 3.8) is 0 Å². The highest BCUT2D eigenvalue weighted by atomic mass is 19.4. The highest BCUT2D eigenvalue weighted by molar-refractivity contribution is 5.99. The number of terminal acetylenes is 1. The van der Waals surface area contributed by atoms with E-state index in [2.05, 4.69) is 41.8 Å². The molecule has 0 radical (unpaired) electrons. The van der Waals surface area contributed by atoms with Crippen LogP contribution in [-0.2, 0) is 30.5 Å². The van der Waals surface area contributed by atoms with Gasteiger partial charge in [0.25, 0.3) is 11.5 Å². The Labute approximate surface area is 290 Å². The summed E-state index contributed by atoms with van der Waals surface area (Å²) in [6.45, 7) is 2.83. The van der Waals surface area contributed by atoms with Gasteiger partial charge in [0.1, 0.15) is 6.04 Å². The highest BCUT2D eigenvalue weighted by Gasteiger charge is 2.43. The maximum Gasteiger partial charge on any atom is 0.471 e. The Morgan fingerprint density at radius 1 is 1.06 bits per heavy atom. The molecule has 0 aliphatic heterocycles. The summed E-state index contributed by atoms with van der Waals surface area (Å²) in [6, 6.07) is 3.48. The summed E-state index contributed by atoms with van der Waals surface area (Å²) in [7, 11) is 1.15. The van der Waals surface area contributed by atoms with E-state index in [0.717, 1.165) is 25.4 Å². The third-order valence-corrected chi connectivity index (χ3v) is 7.24. The highest BCUT2D eigenvalue weighted by Crippen LogP contribution is 2.26. The first-order valence-corrected chi connectivity index (χ1v) is 15.8. The Kier molecular flexibility index (Phi) is 14.1. The van der Waals surface area contributed by atoms with Crippen LogP contribution < -0.4 is 26.4 Å². The third kappa shape index (κ3) is 11.6. The molecule has 2 heterocycles. The number of unbranched alkanes of at least 4 members (excludes halogenated alkanes) is 2. The lowest BCUT2D eigenvalue weighted by Gasteiger charge is -2.24. The van der Waals surface area contributed by atoms with Gasteiger partial charge in [-0.15, -0.1) is 12.3 Å². The summed E-state index contributed by atoms with van der Waals surface area (Å²) in [5.74, 6) is -2.45. The van der Waals surface area contributed by atoms with Crippen molar-refractivity contribution < 1.29 is 41.9 Å². The second-order valence-corrected chi connectivity index (χ2v) is 11.5. The van der Waals surface area contributed by atoms with Crippen molar-refractivity contribution in [1.82, 2.24) is 30.6 Å². The Hall–Kier alpha value is -5.86. The number of alkyl halides is 3. The Balaban J connectivity index is 1.73. The number of amides is 4. The van der Waals surface area contributed by atoms with Crippen LogP contribution in [0.25, 0.3) is 11.2 Å². The molecule has 0 bridgehead atoms. The molecule has 4 amide bonds. The van der Waals surface area contributed by atoms with Crippen molar-refractivity contribution in [1.29, 1.82) is 0 Å². The van der Waals surface area contributed by atoms with Crippen molar-refractivity contribution in [2.75, 3.05) is 23.9 Å². The van der Waals surface area contributed by atoms with Gasteiger partial charge >= 0.3 is 18.1 Å². The van der Waals surface area contributed by atoms with E-state index in [1.54, 1.807) is 13.8 Å².